The summed E-state index contributed by atoms with van der Waals surface area (Å²) in [5, 5.41) is 5.68. The molecule has 2 fully saturated rings. The second-order valence-corrected chi connectivity index (χ2v) is 15.2. The van der Waals surface area contributed by atoms with Crippen molar-refractivity contribution in [1.29, 1.82) is 0 Å². The summed E-state index contributed by atoms with van der Waals surface area (Å²) in [7, 11) is -7.08. The van der Waals surface area contributed by atoms with E-state index in [1.54, 1.807) is 24.3 Å². The number of hydrogen-bond donors (Lipinski definition) is 2. The van der Waals surface area contributed by atoms with Crippen molar-refractivity contribution in [3.8, 4) is 11.1 Å². The molecule has 238 valence electrons. The molecule has 0 radical (unpaired) electrons. The monoisotopic (exact) mass is 658 g/mol. The molecule has 2 saturated heterocycles. The fourth-order valence-corrected chi connectivity index (χ4v) is 8.64. The highest BCUT2D eigenvalue weighted by molar-refractivity contribution is 7.89. The largest absolute Gasteiger partial charge is 0.322 e. The van der Waals surface area contributed by atoms with Crippen LogP contribution in [0.3, 0.4) is 0 Å². The molecule has 0 spiro atoms. The summed E-state index contributed by atoms with van der Waals surface area (Å²) in [6, 6.07) is 26.5. The van der Waals surface area contributed by atoms with E-state index < -0.39 is 20.0 Å². The lowest BCUT2D eigenvalue weighted by atomic mass is 10.0. The van der Waals surface area contributed by atoms with Crippen LogP contribution in [0.1, 0.15) is 46.4 Å². The summed E-state index contributed by atoms with van der Waals surface area (Å²) in [5.41, 5.74) is 3.69. The smallest absolute Gasteiger partial charge is 0.255 e. The van der Waals surface area contributed by atoms with Gasteiger partial charge in [-0.15, -0.1) is 0 Å². The molecule has 0 unspecified atom stereocenters. The summed E-state index contributed by atoms with van der Waals surface area (Å²) < 4.78 is 53.9. The number of anilines is 2. The Bertz CT molecular complexity index is 1790. The van der Waals surface area contributed by atoms with E-state index in [0.29, 0.717) is 48.7 Å². The molecular weight excluding hydrogens is 625 g/mol. The second kappa shape index (κ2) is 13.2. The molecule has 2 amide bonds. The van der Waals surface area contributed by atoms with Crippen molar-refractivity contribution in [3.63, 3.8) is 0 Å². The maximum Gasteiger partial charge on any atom is 0.255 e. The van der Waals surface area contributed by atoms with Crippen LogP contribution in [0.25, 0.3) is 11.1 Å². The minimum atomic E-state index is -3.54. The van der Waals surface area contributed by atoms with Gasteiger partial charge in [-0.05, 0) is 110 Å². The Balaban J connectivity index is 1.04. The summed E-state index contributed by atoms with van der Waals surface area (Å²) in [6.45, 7) is 2.08. The Morgan fingerprint density at radius 3 is 1.07 bits per heavy atom. The van der Waals surface area contributed by atoms with Gasteiger partial charge in [0.2, 0.25) is 20.0 Å². The number of rotatable bonds is 9. The highest BCUT2D eigenvalue weighted by Gasteiger charge is 2.28. The van der Waals surface area contributed by atoms with Gasteiger partial charge >= 0.3 is 0 Å². The quantitative estimate of drug-likeness (QED) is 0.247. The summed E-state index contributed by atoms with van der Waals surface area (Å²) >= 11 is 0. The van der Waals surface area contributed by atoms with E-state index in [1.165, 1.54) is 57.1 Å². The van der Waals surface area contributed by atoms with Crippen molar-refractivity contribution in [2.75, 3.05) is 36.8 Å². The van der Waals surface area contributed by atoms with E-state index in [2.05, 4.69) is 10.6 Å². The average Bonchev–Trinajstić information content (AvgIpc) is 3.82. The summed E-state index contributed by atoms with van der Waals surface area (Å²) in [4.78, 5) is 26.0. The van der Waals surface area contributed by atoms with Crippen LogP contribution in [0.4, 0.5) is 11.4 Å². The van der Waals surface area contributed by atoms with Gasteiger partial charge in [0.1, 0.15) is 0 Å². The van der Waals surface area contributed by atoms with Gasteiger partial charge in [0.25, 0.3) is 11.8 Å². The van der Waals surface area contributed by atoms with Gasteiger partial charge in [0.15, 0.2) is 0 Å². The van der Waals surface area contributed by atoms with Crippen molar-refractivity contribution in [2.45, 2.75) is 35.5 Å². The molecule has 4 aromatic rings. The molecule has 0 saturated carbocycles. The number of amides is 2. The lowest BCUT2D eigenvalue weighted by molar-refractivity contribution is 0.101. The molecule has 12 heteroatoms. The van der Waals surface area contributed by atoms with E-state index in [9.17, 15) is 26.4 Å². The van der Waals surface area contributed by atoms with Crippen molar-refractivity contribution in [1.82, 2.24) is 8.61 Å². The molecule has 2 N–H and O–H groups in total. The van der Waals surface area contributed by atoms with E-state index in [0.717, 1.165) is 36.8 Å². The molecule has 0 atom stereocenters. The van der Waals surface area contributed by atoms with Crippen LogP contribution in [0.5, 0.6) is 0 Å². The topological polar surface area (TPSA) is 133 Å². The predicted molar refractivity (Wildman–Crippen MR) is 177 cm³/mol. The maximum absolute atomic E-state index is 12.8. The molecule has 4 aromatic carbocycles. The number of hydrogen-bond acceptors (Lipinski definition) is 6. The summed E-state index contributed by atoms with van der Waals surface area (Å²) in [6.07, 6.45) is 3.43. The van der Waals surface area contributed by atoms with Crippen molar-refractivity contribution >= 4 is 43.2 Å². The Morgan fingerprint density at radius 1 is 0.457 bits per heavy atom. The lowest BCUT2D eigenvalue weighted by Gasteiger charge is -2.15. The number of nitrogens with zero attached hydrogens (tertiary/aromatic N) is 2. The minimum Gasteiger partial charge on any atom is -0.322 e. The van der Waals surface area contributed by atoms with Gasteiger partial charge in [0.05, 0.1) is 9.79 Å². The zero-order valence-electron chi connectivity index (χ0n) is 25.1. The molecule has 10 nitrogen and oxygen atoms in total. The van der Waals surface area contributed by atoms with E-state index in [1.807, 2.05) is 24.3 Å². The van der Waals surface area contributed by atoms with Crippen molar-refractivity contribution < 1.29 is 26.4 Å². The predicted octanol–water partition coefficient (Wildman–Crippen LogP) is 5.43. The maximum atomic E-state index is 12.8. The standard InChI is InChI=1S/C34H34N4O6S2/c39-33(27-9-17-31(18-10-27)45(41,42)37-21-1-2-22-37)35-29-13-5-25(6-14-29)26-7-15-30(16-8-26)36-34(40)28-11-19-32(20-12-28)46(43,44)38-23-3-4-24-38/h5-20H,1-4,21-24H2,(H,35,39)(H,36,40). The molecule has 2 heterocycles. The van der Waals surface area contributed by atoms with Crippen molar-refractivity contribution in [3.05, 3.63) is 108 Å². The van der Waals surface area contributed by atoms with E-state index >= 15 is 0 Å². The SMILES string of the molecule is O=C(Nc1ccc(-c2ccc(NC(=O)c3ccc(S(=O)(=O)N4CCCC4)cc3)cc2)cc1)c1ccc(S(=O)(=O)N2CCCC2)cc1. The molecular formula is C34H34N4O6S2. The van der Waals surface area contributed by atoms with Crippen LogP contribution in [0.15, 0.2) is 107 Å². The van der Waals surface area contributed by atoms with Crippen LogP contribution in [-0.2, 0) is 20.0 Å². The average molecular weight is 659 g/mol. The second-order valence-electron chi connectivity index (χ2n) is 11.3. The van der Waals surface area contributed by atoms with Gasteiger partial charge in [0, 0.05) is 48.7 Å². The Morgan fingerprint density at radius 2 is 0.761 bits per heavy atom. The van der Waals surface area contributed by atoms with Crippen LogP contribution in [0, 0.1) is 0 Å². The van der Waals surface area contributed by atoms with Gasteiger partial charge in [-0.3, -0.25) is 9.59 Å². The van der Waals surface area contributed by atoms with Crippen LogP contribution < -0.4 is 10.6 Å². The zero-order valence-corrected chi connectivity index (χ0v) is 26.7. The van der Waals surface area contributed by atoms with Crippen LogP contribution in [0.2, 0.25) is 0 Å². The van der Waals surface area contributed by atoms with Crippen molar-refractivity contribution in [2.24, 2.45) is 0 Å². The van der Waals surface area contributed by atoms with Gasteiger partial charge in [-0.1, -0.05) is 24.3 Å². The third-order valence-corrected chi connectivity index (χ3v) is 12.1. The fraction of sp³-hybridized carbons (Fsp3) is 0.235. The first-order chi connectivity index (χ1) is 22.1. The molecule has 6 rings (SSSR count). The first-order valence-electron chi connectivity index (χ1n) is 15.1. The number of sulfonamides is 2. The number of benzene rings is 4. The Kier molecular flexibility index (Phi) is 9.05. The third kappa shape index (κ3) is 6.75. The molecule has 0 bridgehead atoms. The molecule has 0 aromatic heterocycles. The Hall–Kier alpha value is -4.36. The number of nitrogens with one attached hydrogen (secondary N) is 2. The summed E-state index contributed by atoms with van der Waals surface area (Å²) in [5.74, 6) is -0.693. The molecule has 46 heavy (non-hydrogen) atoms. The van der Waals surface area contributed by atoms with Crippen LogP contribution in [-0.4, -0.2) is 63.4 Å². The van der Waals surface area contributed by atoms with Gasteiger partial charge in [-0.25, -0.2) is 16.8 Å². The highest BCUT2D eigenvalue weighted by atomic mass is 32.2. The zero-order chi connectivity index (χ0) is 32.3. The minimum absolute atomic E-state index is 0.181. The first kappa shape index (κ1) is 31.6. The van der Waals surface area contributed by atoms with Gasteiger partial charge in [-0.2, -0.15) is 8.61 Å². The van der Waals surface area contributed by atoms with Crippen LogP contribution >= 0.6 is 0 Å². The van der Waals surface area contributed by atoms with Gasteiger partial charge < -0.3 is 10.6 Å². The molecule has 2 aliphatic heterocycles. The fourth-order valence-electron chi connectivity index (χ4n) is 5.61. The third-order valence-electron chi connectivity index (χ3n) is 8.26. The molecule has 0 aliphatic carbocycles. The van der Waals surface area contributed by atoms with E-state index in [-0.39, 0.29) is 21.6 Å². The van der Waals surface area contributed by atoms with E-state index in [4.69, 9.17) is 0 Å². The normalized spacial score (nSPS) is 15.9. The molecule has 2 aliphatic rings. The first-order valence-corrected chi connectivity index (χ1v) is 18.0. The highest BCUT2D eigenvalue weighted by Crippen LogP contribution is 2.26. The lowest BCUT2D eigenvalue weighted by Crippen LogP contribution is -2.27. The Labute approximate surface area is 269 Å². The number of carbonyl (C=O) groups excluding carboxylic acids is 2. The number of carbonyl (C=O) groups is 2.